The van der Waals surface area contributed by atoms with Crippen LogP contribution in [0.3, 0.4) is 0 Å². The fourth-order valence-corrected chi connectivity index (χ4v) is 3.99. The van der Waals surface area contributed by atoms with E-state index in [1.807, 2.05) is 24.3 Å². The van der Waals surface area contributed by atoms with E-state index in [1.165, 1.54) is 27.8 Å². The molecule has 2 heteroatoms. The van der Waals surface area contributed by atoms with Gasteiger partial charge in [-0.2, -0.15) is 0 Å². The molecule has 0 unspecified atom stereocenters. The van der Waals surface area contributed by atoms with Gasteiger partial charge in [0.1, 0.15) is 0 Å². The highest BCUT2D eigenvalue weighted by molar-refractivity contribution is 5.69. The minimum absolute atomic E-state index is 0.291. The fraction of sp³-hybridized carbons (Fsp3) is 0.154. The van der Waals surface area contributed by atoms with Crippen molar-refractivity contribution in [2.75, 3.05) is 11.5 Å². The summed E-state index contributed by atoms with van der Waals surface area (Å²) < 4.78 is 0. The van der Waals surface area contributed by atoms with Crippen molar-refractivity contribution in [3.8, 4) is 0 Å². The number of anilines is 2. The van der Waals surface area contributed by atoms with Gasteiger partial charge in [-0.3, -0.25) is 0 Å². The lowest BCUT2D eigenvalue weighted by molar-refractivity contribution is 0.692. The van der Waals surface area contributed by atoms with E-state index in [4.69, 9.17) is 11.5 Å². The highest BCUT2D eigenvalue weighted by Crippen LogP contribution is 2.40. The van der Waals surface area contributed by atoms with Gasteiger partial charge in [0.05, 0.1) is 0 Å². The molecule has 0 atom stereocenters. The Labute approximate surface area is 167 Å². The van der Waals surface area contributed by atoms with Gasteiger partial charge in [0.15, 0.2) is 0 Å². The summed E-state index contributed by atoms with van der Waals surface area (Å²) in [5.74, 6) is 0. The second kappa shape index (κ2) is 7.40. The molecule has 0 amide bonds. The van der Waals surface area contributed by atoms with Crippen LogP contribution in [0.2, 0.25) is 0 Å². The van der Waals surface area contributed by atoms with E-state index in [0.29, 0.717) is 0 Å². The quantitative estimate of drug-likeness (QED) is 0.443. The first-order chi connectivity index (χ1) is 13.6. The molecule has 140 valence electrons. The van der Waals surface area contributed by atoms with Gasteiger partial charge in [0, 0.05) is 16.8 Å². The Kier molecular flexibility index (Phi) is 4.79. The molecule has 3 aromatic carbocycles. The zero-order chi connectivity index (χ0) is 19.6. The molecule has 0 spiro atoms. The van der Waals surface area contributed by atoms with Crippen molar-refractivity contribution in [3.05, 3.63) is 113 Å². The molecular formula is C26H26N2. The first kappa shape index (κ1) is 18.1. The monoisotopic (exact) mass is 366 g/mol. The minimum Gasteiger partial charge on any atom is -0.399 e. The maximum atomic E-state index is 5.94. The molecule has 0 radical (unpaired) electrons. The van der Waals surface area contributed by atoms with E-state index in [9.17, 15) is 0 Å². The number of hydrogen-bond acceptors (Lipinski definition) is 2. The Bertz CT molecular complexity index is 962. The Balaban J connectivity index is 1.81. The van der Waals surface area contributed by atoms with Crippen molar-refractivity contribution in [3.63, 3.8) is 0 Å². The average Bonchev–Trinajstić information content (AvgIpc) is 2.75. The number of allylic oxidation sites excluding steroid dienone is 4. The molecule has 0 aromatic heterocycles. The average molecular weight is 367 g/mol. The molecule has 0 aliphatic heterocycles. The molecule has 2 nitrogen and oxygen atoms in total. The Morgan fingerprint density at radius 2 is 1.14 bits per heavy atom. The number of hydrogen-bond donors (Lipinski definition) is 2. The minimum atomic E-state index is -0.291. The van der Waals surface area contributed by atoms with Gasteiger partial charge in [0.25, 0.3) is 0 Å². The van der Waals surface area contributed by atoms with Crippen LogP contribution >= 0.6 is 0 Å². The lowest BCUT2D eigenvalue weighted by Gasteiger charge is -2.32. The number of rotatable bonds is 4. The summed E-state index contributed by atoms with van der Waals surface area (Å²) in [6.07, 6.45) is 8.81. The lowest BCUT2D eigenvalue weighted by atomic mass is 9.71. The van der Waals surface area contributed by atoms with Crippen LogP contribution in [0.15, 0.2) is 91.0 Å². The second-order valence-corrected chi connectivity index (χ2v) is 7.61. The van der Waals surface area contributed by atoms with Crippen LogP contribution in [-0.4, -0.2) is 0 Å². The fourth-order valence-electron chi connectivity index (χ4n) is 3.99. The topological polar surface area (TPSA) is 52.0 Å². The summed E-state index contributed by atoms with van der Waals surface area (Å²) in [5, 5.41) is 0. The Morgan fingerprint density at radius 3 is 1.57 bits per heavy atom. The van der Waals surface area contributed by atoms with E-state index in [0.717, 1.165) is 24.2 Å². The smallest absolute Gasteiger partial charge is 0.0423 e. The highest BCUT2D eigenvalue weighted by atomic mass is 14.5. The Morgan fingerprint density at radius 1 is 0.679 bits per heavy atom. The van der Waals surface area contributed by atoms with Gasteiger partial charge in [0.2, 0.25) is 0 Å². The van der Waals surface area contributed by atoms with Crippen LogP contribution in [0.1, 0.15) is 42.0 Å². The maximum absolute atomic E-state index is 5.94. The third-order valence-corrected chi connectivity index (χ3v) is 5.82. The van der Waals surface area contributed by atoms with Gasteiger partial charge in [-0.05, 0) is 71.9 Å². The van der Waals surface area contributed by atoms with E-state index in [-0.39, 0.29) is 5.41 Å². The van der Waals surface area contributed by atoms with Crippen LogP contribution < -0.4 is 11.5 Å². The van der Waals surface area contributed by atoms with Crippen molar-refractivity contribution in [2.24, 2.45) is 0 Å². The molecule has 4 N–H and O–H groups in total. The van der Waals surface area contributed by atoms with Gasteiger partial charge in [-0.25, -0.2) is 0 Å². The van der Waals surface area contributed by atoms with Crippen LogP contribution in [0.25, 0.3) is 5.57 Å². The zero-order valence-corrected chi connectivity index (χ0v) is 16.2. The van der Waals surface area contributed by atoms with Gasteiger partial charge < -0.3 is 11.5 Å². The molecule has 0 fully saturated rings. The largest absolute Gasteiger partial charge is 0.399 e. The number of nitrogen functional groups attached to an aromatic ring is 2. The zero-order valence-electron chi connectivity index (χ0n) is 16.2. The molecule has 0 saturated heterocycles. The van der Waals surface area contributed by atoms with Crippen molar-refractivity contribution in [2.45, 2.75) is 25.2 Å². The van der Waals surface area contributed by atoms with Crippen molar-refractivity contribution >= 4 is 16.9 Å². The van der Waals surface area contributed by atoms with E-state index < -0.39 is 0 Å². The van der Waals surface area contributed by atoms with E-state index in [2.05, 4.69) is 73.7 Å². The predicted molar refractivity (Wildman–Crippen MR) is 120 cm³/mol. The van der Waals surface area contributed by atoms with Crippen molar-refractivity contribution < 1.29 is 0 Å². The summed E-state index contributed by atoms with van der Waals surface area (Å²) in [4.78, 5) is 0. The summed E-state index contributed by atoms with van der Waals surface area (Å²) >= 11 is 0. The molecule has 0 heterocycles. The summed E-state index contributed by atoms with van der Waals surface area (Å²) in [5.41, 5.74) is 19.5. The maximum Gasteiger partial charge on any atom is 0.0423 e. The standard InChI is InChI=1S/C26H26N2/c1-26(22-11-15-24(27)16-12-22,23-13-17-25(28)18-14-23)21-9-7-20(8-10-21)19-5-3-2-4-6-19/h2-3,5,7-18H,4,6,27-28H2,1H3. The summed E-state index contributed by atoms with van der Waals surface area (Å²) in [6, 6.07) is 25.3. The molecule has 28 heavy (non-hydrogen) atoms. The summed E-state index contributed by atoms with van der Waals surface area (Å²) in [7, 11) is 0. The lowest BCUT2D eigenvalue weighted by Crippen LogP contribution is -2.25. The Hall–Kier alpha value is -3.26. The molecule has 4 rings (SSSR count). The number of nitrogens with two attached hydrogens (primary N) is 2. The second-order valence-electron chi connectivity index (χ2n) is 7.61. The van der Waals surface area contributed by atoms with Crippen LogP contribution in [0, 0.1) is 0 Å². The summed E-state index contributed by atoms with van der Waals surface area (Å²) in [6.45, 7) is 2.27. The molecular weight excluding hydrogens is 340 g/mol. The van der Waals surface area contributed by atoms with Crippen LogP contribution in [-0.2, 0) is 5.41 Å². The van der Waals surface area contributed by atoms with Gasteiger partial charge in [-0.15, -0.1) is 0 Å². The van der Waals surface area contributed by atoms with Crippen LogP contribution in [0.4, 0.5) is 11.4 Å². The highest BCUT2D eigenvalue weighted by Gasteiger charge is 2.31. The molecule has 0 bridgehead atoms. The first-order valence-electron chi connectivity index (χ1n) is 9.76. The van der Waals surface area contributed by atoms with Crippen LogP contribution in [0.5, 0.6) is 0 Å². The molecule has 3 aromatic rings. The molecule has 1 aliphatic carbocycles. The van der Waals surface area contributed by atoms with Crippen molar-refractivity contribution in [1.82, 2.24) is 0 Å². The normalized spacial score (nSPS) is 14.0. The SMILES string of the molecule is CC(c1ccc(N)cc1)(c1ccc(N)cc1)c1ccc(C2=CC=CCC2)cc1. The third-order valence-electron chi connectivity index (χ3n) is 5.82. The number of benzene rings is 3. The van der Waals surface area contributed by atoms with E-state index >= 15 is 0 Å². The van der Waals surface area contributed by atoms with Gasteiger partial charge >= 0.3 is 0 Å². The molecule has 0 saturated carbocycles. The molecule has 1 aliphatic rings. The van der Waals surface area contributed by atoms with Crippen molar-refractivity contribution in [1.29, 1.82) is 0 Å². The predicted octanol–water partition coefficient (Wildman–Crippen LogP) is 5.94. The first-order valence-corrected chi connectivity index (χ1v) is 9.76. The van der Waals surface area contributed by atoms with Gasteiger partial charge in [-0.1, -0.05) is 66.8 Å². The van der Waals surface area contributed by atoms with E-state index in [1.54, 1.807) is 0 Å². The third kappa shape index (κ3) is 3.34.